The topological polar surface area (TPSA) is 103 Å². The minimum absolute atomic E-state index is 0.0336. The van der Waals surface area contributed by atoms with E-state index in [9.17, 15) is 9.59 Å². The Labute approximate surface area is 90.3 Å². The lowest BCUT2D eigenvalue weighted by Crippen LogP contribution is -2.38. The van der Waals surface area contributed by atoms with Crippen molar-refractivity contribution in [2.24, 2.45) is 0 Å². The maximum absolute atomic E-state index is 10.9. The van der Waals surface area contributed by atoms with E-state index in [-0.39, 0.29) is 17.8 Å². The molecule has 0 bridgehead atoms. The molecule has 0 unspecified atom stereocenters. The number of aromatic carboxylic acids is 1. The smallest absolute Gasteiger partial charge is 0.411 e. The highest BCUT2D eigenvalue weighted by Crippen LogP contribution is 2.27. The monoisotopic (exact) mass is 223 g/mol. The van der Waals surface area contributed by atoms with E-state index >= 15 is 0 Å². The van der Waals surface area contributed by atoms with E-state index in [2.05, 4.69) is 10.3 Å². The number of hydrogen-bond donors (Lipinski definition) is 3. The van der Waals surface area contributed by atoms with Crippen LogP contribution in [0.3, 0.4) is 0 Å². The third-order valence-electron chi connectivity index (χ3n) is 2.26. The highest BCUT2D eigenvalue weighted by atomic mass is 16.4. The largest absolute Gasteiger partial charge is 0.478 e. The Bertz CT molecular complexity index is 460. The molecule has 3 N–H and O–H groups in total. The number of anilines is 2. The summed E-state index contributed by atoms with van der Waals surface area (Å²) in [6.45, 7) is 0.728. The fraction of sp³-hybridized carbons (Fsp3) is 0.222. The van der Waals surface area contributed by atoms with Crippen LogP contribution in [0.5, 0.6) is 0 Å². The number of aromatic nitrogens is 1. The summed E-state index contributed by atoms with van der Waals surface area (Å²) in [6, 6.07) is 1.30. The van der Waals surface area contributed by atoms with Gasteiger partial charge in [0.2, 0.25) is 0 Å². The van der Waals surface area contributed by atoms with E-state index in [1.807, 2.05) is 0 Å². The number of carboxylic acids is 1. The molecule has 1 aliphatic rings. The molecule has 0 aromatic carbocycles. The van der Waals surface area contributed by atoms with E-state index in [4.69, 9.17) is 10.2 Å². The first-order valence-electron chi connectivity index (χ1n) is 4.57. The lowest BCUT2D eigenvalue weighted by molar-refractivity contribution is 0.0696. The summed E-state index contributed by atoms with van der Waals surface area (Å²) < 4.78 is 0. The van der Waals surface area contributed by atoms with Gasteiger partial charge in [-0.2, -0.15) is 0 Å². The Morgan fingerprint density at radius 1 is 1.44 bits per heavy atom. The second-order valence-electron chi connectivity index (χ2n) is 3.26. The molecular weight excluding hydrogens is 214 g/mol. The van der Waals surface area contributed by atoms with Crippen LogP contribution in [0.1, 0.15) is 10.4 Å². The van der Waals surface area contributed by atoms with Gasteiger partial charge in [-0.05, 0) is 6.07 Å². The van der Waals surface area contributed by atoms with Crippen molar-refractivity contribution in [1.82, 2.24) is 4.98 Å². The maximum Gasteiger partial charge on any atom is 0.411 e. The van der Waals surface area contributed by atoms with Gasteiger partial charge in [0.1, 0.15) is 5.82 Å². The molecule has 0 saturated carbocycles. The number of nitrogens with one attached hydrogen (secondary N) is 1. The molecule has 2 rings (SSSR count). The van der Waals surface area contributed by atoms with E-state index in [1.54, 1.807) is 0 Å². The molecule has 0 radical (unpaired) electrons. The Hall–Kier alpha value is -2.31. The predicted molar refractivity (Wildman–Crippen MR) is 55.1 cm³/mol. The van der Waals surface area contributed by atoms with Gasteiger partial charge in [0.25, 0.3) is 0 Å². The summed E-state index contributed by atoms with van der Waals surface area (Å²) in [5.41, 5.74) is 0.243. The van der Waals surface area contributed by atoms with Gasteiger partial charge in [-0.3, -0.25) is 4.90 Å². The van der Waals surface area contributed by atoms with Gasteiger partial charge in [-0.1, -0.05) is 0 Å². The van der Waals surface area contributed by atoms with Crippen molar-refractivity contribution in [2.45, 2.75) is 0 Å². The van der Waals surface area contributed by atoms with Crippen LogP contribution in [0, 0.1) is 0 Å². The number of rotatable bonds is 1. The summed E-state index contributed by atoms with van der Waals surface area (Å²) in [5.74, 6) is -0.745. The third kappa shape index (κ3) is 1.62. The molecule has 1 aliphatic heterocycles. The number of amides is 1. The Kier molecular flexibility index (Phi) is 2.35. The molecule has 2 heterocycles. The van der Waals surface area contributed by atoms with Gasteiger partial charge in [0.05, 0.1) is 11.3 Å². The molecule has 0 fully saturated rings. The van der Waals surface area contributed by atoms with Crippen molar-refractivity contribution in [1.29, 1.82) is 0 Å². The van der Waals surface area contributed by atoms with E-state index in [0.717, 1.165) is 4.90 Å². The fourth-order valence-corrected chi connectivity index (χ4v) is 1.52. The van der Waals surface area contributed by atoms with Crippen LogP contribution in [-0.2, 0) is 0 Å². The summed E-state index contributed by atoms with van der Waals surface area (Å²) >= 11 is 0. The second-order valence-corrected chi connectivity index (χ2v) is 3.26. The van der Waals surface area contributed by atoms with Crippen LogP contribution in [0.4, 0.5) is 16.3 Å². The minimum atomic E-state index is -1.13. The summed E-state index contributed by atoms with van der Waals surface area (Å²) in [5, 5.41) is 20.6. The predicted octanol–water partition coefficient (Wildman–Crippen LogP) is 0.690. The highest BCUT2D eigenvalue weighted by Gasteiger charge is 2.23. The first-order chi connectivity index (χ1) is 7.59. The molecule has 1 amide bonds. The van der Waals surface area contributed by atoms with E-state index in [0.29, 0.717) is 12.4 Å². The molecule has 1 aromatic heterocycles. The van der Waals surface area contributed by atoms with Gasteiger partial charge >= 0.3 is 12.1 Å². The van der Waals surface area contributed by atoms with E-state index < -0.39 is 12.1 Å². The van der Waals surface area contributed by atoms with Gasteiger partial charge in [-0.15, -0.1) is 0 Å². The third-order valence-corrected chi connectivity index (χ3v) is 2.26. The van der Waals surface area contributed by atoms with Crippen molar-refractivity contribution in [3.63, 3.8) is 0 Å². The number of fused-ring (bicyclic) bond motifs is 1. The summed E-state index contributed by atoms with van der Waals surface area (Å²) in [7, 11) is 0. The molecule has 84 valence electrons. The first kappa shape index (κ1) is 10.2. The zero-order chi connectivity index (χ0) is 11.7. The molecule has 16 heavy (non-hydrogen) atoms. The molecular formula is C9H9N3O4. The van der Waals surface area contributed by atoms with Crippen molar-refractivity contribution in [2.75, 3.05) is 23.3 Å². The number of carboxylic acid groups (broad SMARTS) is 2. The minimum Gasteiger partial charge on any atom is -0.478 e. The van der Waals surface area contributed by atoms with Gasteiger partial charge < -0.3 is 15.5 Å². The van der Waals surface area contributed by atoms with Gasteiger partial charge in [-0.25, -0.2) is 14.6 Å². The van der Waals surface area contributed by atoms with Crippen LogP contribution in [0.15, 0.2) is 12.3 Å². The SMILES string of the molecule is O=C(O)c1cnc2c(c1)N(C(=O)O)CCN2. The highest BCUT2D eigenvalue weighted by molar-refractivity contribution is 5.95. The standard InChI is InChI=1S/C9H9N3O4/c13-8(14)5-3-6-7(11-4-5)10-1-2-12(6)9(15)16/h3-4H,1-2H2,(H,10,11)(H,13,14)(H,15,16). The molecule has 0 saturated heterocycles. The van der Waals surface area contributed by atoms with Gasteiger partial charge in [0.15, 0.2) is 0 Å². The van der Waals surface area contributed by atoms with Crippen LogP contribution in [0.2, 0.25) is 0 Å². The normalized spacial score (nSPS) is 13.9. The number of hydrogen-bond acceptors (Lipinski definition) is 4. The van der Waals surface area contributed by atoms with Crippen LogP contribution in [-0.4, -0.2) is 40.3 Å². The van der Waals surface area contributed by atoms with Crippen LogP contribution >= 0.6 is 0 Å². The van der Waals surface area contributed by atoms with Crippen LogP contribution < -0.4 is 10.2 Å². The molecule has 1 aromatic rings. The second kappa shape index (κ2) is 3.69. The van der Waals surface area contributed by atoms with Crippen molar-refractivity contribution in [3.8, 4) is 0 Å². The maximum atomic E-state index is 10.9. The first-order valence-corrected chi connectivity index (χ1v) is 4.57. The van der Waals surface area contributed by atoms with Crippen LogP contribution in [0.25, 0.3) is 0 Å². The lowest BCUT2D eigenvalue weighted by atomic mass is 10.2. The van der Waals surface area contributed by atoms with E-state index in [1.165, 1.54) is 12.3 Å². The summed E-state index contributed by atoms with van der Waals surface area (Å²) in [4.78, 5) is 26.6. The number of pyridine rings is 1. The zero-order valence-electron chi connectivity index (χ0n) is 8.17. The zero-order valence-corrected chi connectivity index (χ0v) is 8.17. The Morgan fingerprint density at radius 2 is 2.19 bits per heavy atom. The number of carbonyl (C=O) groups is 2. The average Bonchev–Trinajstić information content (AvgIpc) is 2.27. The molecule has 0 atom stereocenters. The van der Waals surface area contributed by atoms with Gasteiger partial charge in [0, 0.05) is 19.3 Å². The Balaban J connectivity index is 2.48. The molecule has 0 spiro atoms. The lowest BCUT2D eigenvalue weighted by Gasteiger charge is -2.27. The van der Waals surface area contributed by atoms with Crippen molar-refractivity contribution < 1.29 is 19.8 Å². The molecule has 7 nitrogen and oxygen atoms in total. The summed E-state index contributed by atoms with van der Waals surface area (Å²) in [6.07, 6.45) is 0.0755. The number of nitrogens with zero attached hydrogens (tertiary/aromatic N) is 2. The Morgan fingerprint density at radius 3 is 2.81 bits per heavy atom. The fourth-order valence-electron chi connectivity index (χ4n) is 1.52. The quantitative estimate of drug-likeness (QED) is 0.647. The average molecular weight is 223 g/mol. The molecule has 0 aliphatic carbocycles. The molecule has 7 heteroatoms. The van der Waals surface area contributed by atoms with Crippen molar-refractivity contribution in [3.05, 3.63) is 17.8 Å². The van der Waals surface area contributed by atoms with Crippen molar-refractivity contribution >= 4 is 23.6 Å².